The predicted octanol–water partition coefficient (Wildman–Crippen LogP) is 0.539. The minimum absolute atomic E-state index is 0.187. The summed E-state index contributed by atoms with van der Waals surface area (Å²) in [7, 11) is 5.29. The van der Waals surface area contributed by atoms with E-state index in [0.717, 1.165) is 19.1 Å². The van der Waals surface area contributed by atoms with Gasteiger partial charge in [0.2, 0.25) is 0 Å². The molecule has 0 spiro atoms. The largest absolute Gasteiger partial charge is 0.378 e. The smallest absolute Gasteiger partial charge is 0.112 e. The van der Waals surface area contributed by atoms with E-state index in [-0.39, 0.29) is 7.80 Å². The maximum absolute atomic E-state index is 5.47. The minimum Gasteiger partial charge on any atom is -0.378 e. The van der Waals surface area contributed by atoms with E-state index in [1.54, 1.807) is 0 Å². The number of hydrogen-bond acceptors (Lipinski definition) is 1. The van der Waals surface area contributed by atoms with Crippen molar-refractivity contribution >= 4 is 15.4 Å². The van der Waals surface area contributed by atoms with Crippen molar-refractivity contribution in [2.75, 3.05) is 19.1 Å². The van der Waals surface area contributed by atoms with Gasteiger partial charge in [0.25, 0.3) is 0 Å². The molecule has 1 nitrogen and oxygen atoms in total. The molecule has 1 atom stereocenters. The fourth-order valence-corrected chi connectivity index (χ4v) is 1.28. The molecule has 0 bridgehead atoms. The van der Waals surface area contributed by atoms with Crippen molar-refractivity contribution < 1.29 is 4.74 Å². The van der Waals surface area contributed by atoms with Gasteiger partial charge in [-0.15, -0.1) is 7.80 Å². The normalized spacial score (nSPS) is 34.3. The van der Waals surface area contributed by atoms with Crippen LogP contribution in [0.2, 0.25) is 0 Å². The second-order valence-electron chi connectivity index (χ2n) is 1.35. The van der Waals surface area contributed by atoms with Gasteiger partial charge in [-0.3, -0.25) is 0 Å². The maximum atomic E-state index is 5.47. The summed E-state index contributed by atoms with van der Waals surface area (Å²) in [5.74, 6) is 0. The van der Waals surface area contributed by atoms with Gasteiger partial charge in [0, 0.05) is 0 Å². The second-order valence-corrected chi connectivity index (χ2v) is 3.23. The first-order chi connectivity index (χ1) is 2.89. The van der Waals surface area contributed by atoms with Gasteiger partial charge in [0.15, 0.2) is 0 Å². The molecule has 32 valence electrons. The van der Waals surface area contributed by atoms with Crippen molar-refractivity contribution in [3.05, 3.63) is 0 Å². The molecule has 0 aromatic heterocycles. The molecular formula is C3H6BOP. The topological polar surface area (TPSA) is 9.23 Å². The van der Waals surface area contributed by atoms with Gasteiger partial charge >= 0.3 is 0 Å². The van der Waals surface area contributed by atoms with Crippen LogP contribution in [0.1, 0.15) is 0 Å². The molecule has 1 heterocycles. The molecule has 1 saturated heterocycles. The van der Waals surface area contributed by atoms with Crippen molar-refractivity contribution in [3.8, 4) is 0 Å². The first-order valence-electron chi connectivity index (χ1n) is 1.97. The van der Waals surface area contributed by atoms with Gasteiger partial charge < -0.3 is 4.74 Å². The minimum atomic E-state index is -0.187. The standard InChI is InChI=1S/C3H6BOP/c4-6-2-1-5-3-6/h1-3H2. The van der Waals surface area contributed by atoms with Gasteiger partial charge in [0.05, 0.1) is 13.0 Å². The van der Waals surface area contributed by atoms with Crippen LogP contribution in [-0.2, 0) is 4.74 Å². The van der Waals surface area contributed by atoms with Crippen LogP contribution in [0.4, 0.5) is 0 Å². The highest BCUT2D eigenvalue weighted by Crippen LogP contribution is 2.32. The van der Waals surface area contributed by atoms with Crippen LogP contribution in [0.25, 0.3) is 0 Å². The summed E-state index contributed by atoms with van der Waals surface area (Å²) in [6, 6.07) is 0. The van der Waals surface area contributed by atoms with Crippen molar-refractivity contribution in [2.24, 2.45) is 0 Å². The maximum Gasteiger partial charge on any atom is 0.112 e. The van der Waals surface area contributed by atoms with E-state index in [4.69, 9.17) is 12.3 Å². The lowest BCUT2D eigenvalue weighted by Crippen LogP contribution is -1.78. The first-order valence-corrected chi connectivity index (χ1v) is 3.75. The molecular weight excluding hydrogens is 93.8 g/mol. The zero-order chi connectivity index (χ0) is 4.41. The van der Waals surface area contributed by atoms with Crippen molar-refractivity contribution in [2.45, 2.75) is 0 Å². The molecule has 1 aliphatic rings. The summed E-state index contributed by atoms with van der Waals surface area (Å²) in [6.07, 6.45) is 1.94. The number of rotatable bonds is 0. The molecule has 1 aliphatic heterocycles. The lowest BCUT2D eigenvalue weighted by Gasteiger charge is -1.91. The number of ether oxygens (including phenoxy) is 1. The van der Waals surface area contributed by atoms with Crippen LogP contribution in [0.3, 0.4) is 0 Å². The molecule has 2 radical (unpaired) electrons. The SMILES string of the molecule is [B]P1CCOC1. The van der Waals surface area contributed by atoms with Crippen LogP contribution < -0.4 is 0 Å². The third-order valence-corrected chi connectivity index (χ3v) is 2.05. The highest BCUT2D eigenvalue weighted by atomic mass is 31.1. The fourth-order valence-electron chi connectivity index (χ4n) is 0.428. The Morgan fingerprint density at radius 3 is 2.67 bits per heavy atom. The average molecular weight is 99.9 g/mol. The van der Waals surface area contributed by atoms with E-state index in [0.29, 0.717) is 0 Å². The van der Waals surface area contributed by atoms with Crippen molar-refractivity contribution in [3.63, 3.8) is 0 Å². The van der Waals surface area contributed by atoms with Crippen LogP contribution >= 0.6 is 7.80 Å². The summed E-state index contributed by atoms with van der Waals surface area (Å²) in [4.78, 5) is 0. The summed E-state index contributed by atoms with van der Waals surface area (Å²) in [6.45, 7) is 0.891. The molecule has 0 amide bonds. The Balaban J connectivity index is 2.18. The van der Waals surface area contributed by atoms with Crippen LogP contribution in [0, 0.1) is 0 Å². The van der Waals surface area contributed by atoms with Crippen molar-refractivity contribution in [1.82, 2.24) is 0 Å². The molecule has 0 aromatic rings. The fraction of sp³-hybridized carbons (Fsp3) is 1.00. The Morgan fingerprint density at radius 2 is 2.50 bits per heavy atom. The van der Waals surface area contributed by atoms with E-state index in [2.05, 4.69) is 0 Å². The number of hydrogen-bond donors (Lipinski definition) is 0. The van der Waals surface area contributed by atoms with Gasteiger partial charge in [-0.25, -0.2) is 0 Å². The van der Waals surface area contributed by atoms with E-state index >= 15 is 0 Å². The van der Waals surface area contributed by atoms with E-state index in [1.807, 2.05) is 0 Å². The first kappa shape index (κ1) is 4.61. The quantitative estimate of drug-likeness (QED) is 0.318. The monoisotopic (exact) mass is 100 g/mol. The van der Waals surface area contributed by atoms with Crippen molar-refractivity contribution in [1.29, 1.82) is 0 Å². The molecule has 0 aromatic carbocycles. The molecule has 1 fully saturated rings. The van der Waals surface area contributed by atoms with Crippen LogP contribution in [-0.4, -0.2) is 26.7 Å². The third-order valence-electron chi connectivity index (χ3n) is 0.780. The van der Waals surface area contributed by atoms with E-state index < -0.39 is 0 Å². The summed E-state index contributed by atoms with van der Waals surface area (Å²) >= 11 is 0. The Bertz CT molecular complexity index is 44.1. The van der Waals surface area contributed by atoms with E-state index in [1.165, 1.54) is 0 Å². The zero-order valence-corrected chi connectivity index (χ0v) is 4.45. The van der Waals surface area contributed by atoms with Crippen LogP contribution in [0.5, 0.6) is 0 Å². The third kappa shape index (κ3) is 0.957. The lowest BCUT2D eigenvalue weighted by atomic mass is 10.8. The predicted molar refractivity (Wildman–Crippen MR) is 28.4 cm³/mol. The van der Waals surface area contributed by atoms with Gasteiger partial charge in [-0.2, -0.15) is 0 Å². The Morgan fingerprint density at radius 1 is 1.67 bits per heavy atom. The summed E-state index contributed by atoms with van der Waals surface area (Å²) in [5, 5.41) is 0. The highest BCUT2D eigenvalue weighted by molar-refractivity contribution is 7.82. The molecule has 6 heavy (non-hydrogen) atoms. The molecule has 0 N–H and O–H groups in total. The Hall–Kier alpha value is 0.455. The van der Waals surface area contributed by atoms with Gasteiger partial charge in [-0.1, -0.05) is 0 Å². The van der Waals surface area contributed by atoms with E-state index in [9.17, 15) is 0 Å². The summed E-state index contributed by atoms with van der Waals surface area (Å²) < 4.78 is 4.96. The Kier molecular flexibility index (Phi) is 1.50. The highest BCUT2D eigenvalue weighted by Gasteiger charge is 2.06. The second kappa shape index (κ2) is 1.95. The van der Waals surface area contributed by atoms with Crippen LogP contribution in [0.15, 0.2) is 0 Å². The average Bonchev–Trinajstić information content (AvgIpc) is 1.86. The molecule has 1 unspecified atom stereocenters. The molecule has 0 aliphatic carbocycles. The van der Waals surface area contributed by atoms with Gasteiger partial charge in [0.1, 0.15) is 7.57 Å². The lowest BCUT2D eigenvalue weighted by molar-refractivity contribution is 0.217. The van der Waals surface area contributed by atoms with Gasteiger partial charge in [-0.05, 0) is 6.16 Å². The molecule has 1 rings (SSSR count). The molecule has 0 saturated carbocycles. The molecule has 3 heteroatoms. The summed E-state index contributed by atoms with van der Waals surface area (Å²) in [5.41, 5.74) is 0. The Labute approximate surface area is 40.2 Å². The zero-order valence-electron chi connectivity index (χ0n) is 3.55.